The number of anilines is 1. The van der Waals surface area contributed by atoms with Crippen molar-refractivity contribution >= 4 is 33.2 Å². The Morgan fingerprint density at radius 2 is 1.71 bits per heavy atom. The van der Waals surface area contributed by atoms with Gasteiger partial charge < -0.3 is 5.32 Å². The van der Waals surface area contributed by atoms with Gasteiger partial charge in [-0.05, 0) is 62.2 Å². The van der Waals surface area contributed by atoms with Crippen molar-refractivity contribution < 1.29 is 13.2 Å². The zero-order valence-electron chi connectivity index (χ0n) is 17.7. The summed E-state index contributed by atoms with van der Waals surface area (Å²) in [6.07, 6.45) is 0. The van der Waals surface area contributed by atoms with Gasteiger partial charge in [-0.2, -0.15) is 0 Å². The Morgan fingerprint density at radius 3 is 2.35 bits per heavy atom. The zero-order chi connectivity index (χ0) is 22.6. The Bertz CT molecular complexity index is 1180. The van der Waals surface area contributed by atoms with Crippen LogP contribution in [0.15, 0.2) is 77.7 Å². The lowest BCUT2D eigenvalue weighted by Crippen LogP contribution is -2.41. The molecule has 3 rings (SSSR count). The number of carbonyl (C=O) groups is 1. The largest absolute Gasteiger partial charge is 0.348 e. The Hall–Kier alpha value is -2.83. The molecule has 0 bridgehead atoms. The maximum absolute atomic E-state index is 13.3. The molecule has 0 aliphatic carbocycles. The number of rotatable bonds is 7. The normalized spacial score (nSPS) is 12.3. The van der Waals surface area contributed by atoms with E-state index in [2.05, 4.69) is 11.4 Å². The minimum absolute atomic E-state index is 0.102. The Balaban J connectivity index is 1.89. The molecule has 0 heterocycles. The molecular weight excluding hydrogens is 432 g/mol. The highest BCUT2D eigenvalue weighted by molar-refractivity contribution is 7.92. The summed E-state index contributed by atoms with van der Waals surface area (Å²) in [6.45, 7) is 5.51. The topological polar surface area (TPSA) is 66.5 Å². The lowest BCUT2D eigenvalue weighted by Gasteiger charge is -2.25. The average Bonchev–Trinajstić information content (AvgIpc) is 2.72. The van der Waals surface area contributed by atoms with Crippen LogP contribution in [0.3, 0.4) is 0 Å². The van der Waals surface area contributed by atoms with Gasteiger partial charge in [0.25, 0.3) is 10.0 Å². The highest BCUT2D eigenvalue weighted by atomic mass is 35.5. The van der Waals surface area contributed by atoms with E-state index in [0.717, 1.165) is 21.0 Å². The summed E-state index contributed by atoms with van der Waals surface area (Å²) in [6, 6.07) is 20.2. The second kappa shape index (κ2) is 9.54. The summed E-state index contributed by atoms with van der Waals surface area (Å²) in [4.78, 5) is 13.0. The Kier molecular flexibility index (Phi) is 7.03. The van der Waals surface area contributed by atoms with Gasteiger partial charge in [-0.1, -0.05) is 59.6 Å². The van der Waals surface area contributed by atoms with Crippen LogP contribution in [0.1, 0.15) is 29.7 Å². The maximum atomic E-state index is 13.3. The standard InChI is InChI=1S/C24H25ClN2O3S/c1-17-12-13-23(18(2)14-17)19(3)26-24(28)16-27(21-9-7-8-20(25)15-21)31(29,30)22-10-5-4-6-11-22/h4-15,19H,16H2,1-3H3,(H,26,28)/t19-/m0/s1. The molecule has 0 aliphatic rings. The predicted molar refractivity (Wildman–Crippen MR) is 125 cm³/mol. The third kappa shape index (κ3) is 5.46. The third-order valence-electron chi connectivity index (χ3n) is 4.98. The lowest BCUT2D eigenvalue weighted by atomic mass is 10.0. The van der Waals surface area contributed by atoms with Gasteiger partial charge in [0.05, 0.1) is 16.6 Å². The van der Waals surface area contributed by atoms with Gasteiger partial charge in [-0.25, -0.2) is 8.42 Å². The molecule has 3 aromatic carbocycles. The number of carbonyl (C=O) groups excluding carboxylic acids is 1. The fourth-order valence-electron chi connectivity index (χ4n) is 3.47. The summed E-state index contributed by atoms with van der Waals surface area (Å²) in [7, 11) is -3.97. The van der Waals surface area contributed by atoms with E-state index in [9.17, 15) is 13.2 Å². The van der Waals surface area contributed by atoms with Crippen molar-refractivity contribution in [3.8, 4) is 0 Å². The number of nitrogens with one attached hydrogen (secondary N) is 1. The van der Waals surface area contributed by atoms with E-state index >= 15 is 0 Å². The molecule has 5 nitrogen and oxygen atoms in total. The van der Waals surface area contributed by atoms with E-state index in [1.807, 2.05) is 32.9 Å². The molecule has 1 atom stereocenters. The van der Waals surface area contributed by atoms with Crippen LogP contribution in [-0.2, 0) is 14.8 Å². The number of hydrogen-bond acceptors (Lipinski definition) is 3. The molecule has 1 amide bonds. The SMILES string of the molecule is Cc1ccc([C@H](C)NC(=O)CN(c2cccc(Cl)c2)S(=O)(=O)c2ccccc2)c(C)c1. The summed E-state index contributed by atoms with van der Waals surface area (Å²) < 4.78 is 27.7. The van der Waals surface area contributed by atoms with Gasteiger partial charge >= 0.3 is 0 Å². The molecule has 1 N–H and O–H groups in total. The van der Waals surface area contributed by atoms with Crippen molar-refractivity contribution in [2.24, 2.45) is 0 Å². The zero-order valence-corrected chi connectivity index (χ0v) is 19.2. The number of amides is 1. The van der Waals surface area contributed by atoms with E-state index in [4.69, 9.17) is 11.6 Å². The molecule has 0 unspecified atom stereocenters. The van der Waals surface area contributed by atoms with Crippen molar-refractivity contribution in [2.45, 2.75) is 31.7 Å². The Labute approximate surface area is 188 Å². The molecule has 0 saturated heterocycles. The minimum atomic E-state index is -3.97. The van der Waals surface area contributed by atoms with Gasteiger partial charge in [0, 0.05) is 5.02 Å². The van der Waals surface area contributed by atoms with Crippen LogP contribution in [0.25, 0.3) is 0 Å². The van der Waals surface area contributed by atoms with Gasteiger partial charge in [0.15, 0.2) is 0 Å². The first-order valence-corrected chi connectivity index (χ1v) is 11.7. The van der Waals surface area contributed by atoms with Crippen molar-refractivity contribution in [3.63, 3.8) is 0 Å². The molecule has 0 spiro atoms. The van der Waals surface area contributed by atoms with E-state index in [1.54, 1.807) is 36.4 Å². The highest BCUT2D eigenvalue weighted by Crippen LogP contribution is 2.26. The van der Waals surface area contributed by atoms with Gasteiger partial charge in [-0.3, -0.25) is 9.10 Å². The van der Waals surface area contributed by atoms with Crippen LogP contribution in [-0.4, -0.2) is 20.9 Å². The van der Waals surface area contributed by atoms with Crippen molar-refractivity contribution in [3.05, 3.63) is 94.5 Å². The number of sulfonamides is 1. The molecule has 3 aromatic rings. The quantitative estimate of drug-likeness (QED) is 0.542. The molecule has 0 saturated carbocycles. The van der Waals surface area contributed by atoms with Gasteiger partial charge in [0.2, 0.25) is 5.91 Å². The third-order valence-corrected chi connectivity index (χ3v) is 7.01. The molecule has 162 valence electrons. The van der Waals surface area contributed by atoms with Crippen molar-refractivity contribution in [1.82, 2.24) is 5.32 Å². The van der Waals surface area contributed by atoms with Crippen LogP contribution >= 0.6 is 11.6 Å². The second-order valence-electron chi connectivity index (χ2n) is 7.45. The monoisotopic (exact) mass is 456 g/mol. The van der Waals surface area contributed by atoms with E-state index in [0.29, 0.717) is 10.7 Å². The van der Waals surface area contributed by atoms with Crippen LogP contribution in [0, 0.1) is 13.8 Å². The number of halogens is 1. The van der Waals surface area contributed by atoms with Crippen LogP contribution in [0.2, 0.25) is 5.02 Å². The van der Waals surface area contributed by atoms with Gasteiger partial charge in [0.1, 0.15) is 6.54 Å². The highest BCUT2D eigenvalue weighted by Gasteiger charge is 2.27. The first-order chi connectivity index (χ1) is 14.7. The minimum Gasteiger partial charge on any atom is -0.348 e. The number of aryl methyl sites for hydroxylation is 2. The van der Waals surface area contributed by atoms with E-state index in [1.165, 1.54) is 18.2 Å². The number of benzene rings is 3. The van der Waals surface area contributed by atoms with Crippen LogP contribution in [0.4, 0.5) is 5.69 Å². The first-order valence-electron chi connectivity index (χ1n) is 9.88. The van der Waals surface area contributed by atoms with Crippen LogP contribution < -0.4 is 9.62 Å². The molecule has 31 heavy (non-hydrogen) atoms. The first kappa shape index (κ1) is 22.8. The maximum Gasteiger partial charge on any atom is 0.264 e. The van der Waals surface area contributed by atoms with Crippen molar-refractivity contribution in [2.75, 3.05) is 10.8 Å². The lowest BCUT2D eigenvalue weighted by molar-refractivity contribution is -0.120. The molecule has 0 aliphatic heterocycles. The predicted octanol–water partition coefficient (Wildman–Crippen LogP) is 5.03. The number of hydrogen-bond donors (Lipinski definition) is 1. The average molecular weight is 457 g/mol. The van der Waals surface area contributed by atoms with Crippen LogP contribution in [0.5, 0.6) is 0 Å². The van der Waals surface area contributed by atoms with E-state index < -0.39 is 15.9 Å². The molecule has 0 radical (unpaired) electrons. The molecule has 0 fully saturated rings. The Morgan fingerprint density at radius 1 is 1.00 bits per heavy atom. The fraction of sp³-hybridized carbons (Fsp3) is 0.208. The summed E-state index contributed by atoms with van der Waals surface area (Å²) in [5.41, 5.74) is 3.52. The van der Waals surface area contributed by atoms with Crippen molar-refractivity contribution in [1.29, 1.82) is 0 Å². The smallest absolute Gasteiger partial charge is 0.264 e. The summed E-state index contributed by atoms with van der Waals surface area (Å²) in [5.74, 6) is -0.410. The number of nitrogens with zero attached hydrogens (tertiary/aromatic N) is 1. The molecule has 0 aromatic heterocycles. The summed E-state index contributed by atoms with van der Waals surface area (Å²) >= 11 is 6.09. The van der Waals surface area contributed by atoms with E-state index in [-0.39, 0.29) is 17.5 Å². The fourth-order valence-corrected chi connectivity index (χ4v) is 5.09. The molecular formula is C24H25ClN2O3S. The van der Waals surface area contributed by atoms with Gasteiger partial charge in [-0.15, -0.1) is 0 Å². The molecule has 7 heteroatoms. The second-order valence-corrected chi connectivity index (χ2v) is 9.75. The summed E-state index contributed by atoms with van der Waals surface area (Å²) in [5, 5.41) is 3.30.